The number of likely N-dealkylation sites (N-methyl/N-ethyl adjacent to an activating group) is 1. The average Bonchev–Trinajstić information content (AvgIpc) is 2.57. The van der Waals surface area contributed by atoms with Crippen LogP contribution in [0, 0.1) is 6.92 Å². The van der Waals surface area contributed by atoms with Gasteiger partial charge in [-0.3, -0.25) is 4.99 Å². The van der Waals surface area contributed by atoms with Gasteiger partial charge in [-0.1, -0.05) is 24.6 Å². The van der Waals surface area contributed by atoms with Crippen molar-refractivity contribution in [2.75, 3.05) is 51.1 Å². The maximum Gasteiger partial charge on any atom is 0.193 e. The van der Waals surface area contributed by atoms with Crippen LogP contribution in [0.5, 0.6) is 0 Å². The number of aliphatic imine (C=N–C) groups is 1. The quantitative estimate of drug-likeness (QED) is 0.459. The summed E-state index contributed by atoms with van der Waals surface area (Å²) in [6.45, 7) is 12.3. The lowest BCUT2D eigenvalue weighted by atomic mass is 10.2. The summed E-state index contributed by atoms with van der Waals surface area (Å²) in [5.74, 6) is 0.505. The van der Waals surface area contributed by atoms with Crippen molar-refractivity contribution in [2.45, 2.75) is 26.7 Å². The lowest BCUT2D eigenvalue weighted by Gasteiger charge is -2.33. The third-order valence-corrected chi connectivity index (χ3v) is 4.40. The maximum absolute atomic E-state index is 5.92. The zero-order valence-electron chi connectivity index (χ0n) is 14.6. The number of aryl methyl sites for hydroxylation is 1. The Morgan fingerprint density at radius 1 is 1.09 bits per heavy atom. The third kappa shape index (κ3) is 6.59. The second kappa shape index (κ2) is 9.53. The molecular weight excluding hydrogens is 286 g/mol. The number of unbranched alkanes of at least 4 members (excludes halogenated alkanes) is 1. The van der Waals surface area contributed by atoms with Crippen molar-refractivity contribution in [1.82, 2.24) is 9.80 Å². The first-order chi connectivity index (χ1) is 11.2. The van der Waals surface area contributed by atoms with Crippen LogP contribution < -0.4 is 11.1 Å². The summed E-state index contributed by atoms with van der Waals surface area (Å²) in [5.41, 5.74) is 8.16. The molecule has 0 bridgehead atoms. The standard InChI is InChI=1S/C18H31N5/c1-3-22-12-14-23(15-13-22)11-5-4-10-20-18(19)21-17-8-6-16(2)7-9-17/h6-9H,3-5,10-15H2,1-2H3,(H3,19,20,21). The molecule has 0 spiro atoms. The fourth-order valence-electron chi connectivity index (χ4n) is 2.80. The molecule has 0 radical (unpaired) electrons. The molecule has 1 heterocycles. The first-order valence-electron chi connectivity index (χ1n) is 8.75. The minimum Gasteiger partial charge on any atom is -0.370 e. The third-order valence-electron chi connectivity index (χ3n) is 4.40. The highest BCUT2D eigenvalue weighted by Crippen LogP contribution is 2.08. The van der Waals surface area contributed by atoms with Crippen molar-refractivity contribution in [1.29, 1.82) is 0 Å². The molecule has 0 atom stereocenters. The minimum atomic E-state index is 0.505. The Kier molecular flexibility index (Phi) is 7.36. The molecule has 0 unspecified atom stereocenters. The van der Waals surface area contributed by atoms with E-state index < -0.39 is 0 Å². The fraction of sp³-hybridized carbons (Fsp3) is 0.611. The van der Waals surface area contributed by atoms with Gasteiger partial charge in [-0.2, -0.15) is 0 Å². The van der Waals surface area contributed by atoms with E-state index in [1.54, 1.807) is 0 Å². The molecule has 1 saturated heterocycles. The molecule has 1 aliphatic heterocycles. The van der Waals surface area contributed by atoms with Crippen LogP contribution in [0.25, 0.3) is 0 Å². The topological polar surface area (TPSA) is 56.9 Å². The summed E-state index contributed by atoms with van der Waals surface area (Å²) in [4.78, 5) is 9.48. The van der Waals surface area contributed by atoms with Crippen molar-refractivity contribution >= 4 is 11.6 Å². The summed E-state index contributed by atoms with van der Waals surface area (Å²) in [5, 5.41) is 3.13. The molecule has 1 aromatic carbocycles. The van der Waals surface area contributed by atoms with Crippen LogP contribution in [-0.2, 0) is 0 Å². The number of guanidine groups is 1. The molecule has 0 aromatic heterocycles. The maximum atomic E-state index is 5.92. The average molecular weight is 317 g/mol. The first-order valence-corrected chi connectivity index (χ1v) is 8.75. The van der Waals surface area contributed by atoms with Gasteiger partial charge in [-0.05, 0) is 45.0 Å². The predicted molar refractivity (Wildman–Crippen MR) is 99.1 cm³/mol. The summed E-state index contributed by atoms with van der Waals surface area (Å²) in [6, 6.07) is 8.17. The summed E-state index contributed by atoms with van der Waals surface area (Å²) >= 11 is 0. The van der Waals surface area contributed by atoms with Gasteiger partial charge in [-0.15, -0.1) is 0 Å². The van der Waals surface area contributed by atoms with E-state index in [0.29, 0.717) is 5.96 Å². The zero-order chi connectivity index (χ0) is 16.5. The molecule has 5 heteroatoms. The number of anilines is 1. The van der Waals surface area contributed by atoms with Crippen molar-refractivity contribution in [2.24, 2.45) is 10.7 Å². The predicted octanol–water partition coefficient (Wildman–Crippen LogP) is 2.14. The van der Waals surface area contributed by atoms with Gasteiger partial charge >= 0.3 is 0 Å². The number of hydrogen-bond acceptors (Lipinski definition) is 3. The zero-order valence-corrected chi connectivity index (χ0v) is 14.6. The minimum absolute atomic E-state index is 0.505. The Balaban J connectivity index is 1.58. The van der Waals surface area contributed by atoms with E-state index in [2.05, 4.69) is 46.1 Å². The van der Waals surface area contributed by atoms with Crippen molar-refractivity contribution < 1.29 is 0 Å². The highest BCUT2D eigenvalue weighted by molar-refractivity contribution is 5.92. The van der Waals surface area contributed by atoms with Gasteiger partial charge in [0.1, 0.15) is 0 Å². The molecule has 2 rings (SSSR count). The highest BCUT2D eigenvalue weighted by atomic mass is 15.3. The van der Waals surface area contributed by atoms with Crippen molar-refractivity contribution in [3.8, 4) is 0 Å². The van der Waals surface area contributed by atoms with Gasteiger partial charge in [-0.25, -0.2) is 0 Å². The largest absolute Gasteiger partial charge is 0.370 e. The Labute approximate surface area is 140 Å². The van der Waals surface area contributed by atoms with Crippen LogP contribution in [0.1, 0.15) is 25.3 Å². The van der Waals surface area contributed by atoms with Gasteiger partial charge in [0.15, 0.2) is 5.96 Å². The molecule has 3 N–H and O–H groups in total. The van der Waals surface area contributed by atoms with E-state index in [0.717, 1.165) is 18.7 Å². The first kappa shape index (κ1) is 17.8. The molecule has 23 heavy (non-hydrogen) atoms. The van der Waals surface area contributed by atoms with Crippen molar-refractivity contribution in [3.05, 3.63) is 29.8 Å². The number of piperazine rings is 1. The number of hydrogen-bond donors (Lipinski definition) is 2. The van der Waals surface area contributed by atoms with E-state index in [-0.39, 0.29) is 0 Å². The van der Waals surface area contributed by atoms with Crippen LogP contribution in [-0.4, -0.2) is 61.6 Å². The van der Waals surface area contributed by atoms with Crippen molar-refractivity contribution in [3.63, 3.8) is 0 Å². The van der Waals surface area contributed by atoms with Gasteiger partial charge in [0.05, 0.1) is 0 Å². The van der Waals surface area contributed by atoms with Gasteiger partial charge < -0.3 is 20.9 Å². The smallest absolute Gasteiger partial charge is 0.193 e. The molecule has 0 saturated carbocycles. The van der Waals surface area contributed by atoms with E-state index in [4.69, 9.17) is 5.73 Å². The van der Waals surface area contributed by atoms with E-state index in [1.807, 2.05) is 12.1 Å². The van der Waals surface area contributed by atoms with Crippen LogP contribution in [0.2, 0.25) is 0 Å². The molecule has 1 fully saturated rings. The number of nitrogens with one attached hydrogen (secondary N) is 1. The molecule has 0 aliphatic carbocycles. The van der Waals surface area contributed by atoms with E-state index in [9.17, 15) is 0 Å². The van der Waals surface area contributed by atoms with Crippen LogP contribution in [0.3, 0.4) is 0 Å². The lowest BCUT2D eigenvalue weighted by Crippen LogP contribution is -2.46. The SMILES string of the molecule is CCN1CCN(CCCCN=C(N)Nc2ccc(C)cc2)CC1. The van der Waals surface area contributed by atoms with Crippen LogP contribution >= 0.6 is 0 Å². The summed E-state index contributed by atoms with van der Waals surface area (Å²) < 4.78 is 0. The molecule has 128 valence electrons. The van der Waals surface area contributed by atoms with Gasteiger partial charge in [0.25, 0.3) is 0 Å². The molecule has 5 nitrogen and oxygen atoms in total. The fourth-order valence-corrected chi connectivity index (χ4v) is 2.80. The number of rotatable bonds is 7. The Morgan fingerprint density at radius 3 is 2.39 bits per heavy atom. The van der Waals surface area contributed by atoms with Gasteiger partial charge in [0, 0.05) is 38.4 Å². The van der Waals surface area contributed by atoms with Gasteiger partial charge in [0.2, 0.25) is 0 Å². The Morgan fingerprint density at radius 2 is 1.74 bits per heavy atom. The van der Waals surface area contributed by atoms with E-state index >= 15 is 0 Å². The Bertz CT molecular complexity index is 475. The number of nitrogens with zero attached hydrogens (tertiary/aromatic N) is 3. The van der Waals surface area contributed by atoms with Crippen LogP contribution in [0.15, 0.2) is 29.3 Å². The molecule has 0 amide bonds. The lowest BCUT2D eigenvalue weighted by molar-refractivity contribution is 0.136. The highest BCUT2D eigenvalue weighted by Gasteiger charge is 2.14. The monoisotopic (exact) mass is 317 g/mol. The normalized spacial score (nSPS) is 17.4. The van der Waals surface area contributed by atoms with E-state index in [1.165, 1.54) is 51.3 Å². The summed E-state index contributed by atoms with van der Waals surface area (Å²) in [7, 11) is 0. The second-order valence-corrected chi connectivity index (χ2v) is 6.24. The molecule has 1 aromatic rings. The number of nitrogens with two attached hydrogens (primary N) is 1. The summed E-state index contributed by atoms with van der Waals surface area (Å²) in [6.07, 6.45) is 2.28. The number of benzene rings is 1. The molecular formula is C18H31N5. The second-order valence-electron chi connectivity index (χ2n) is 6.24. The van der Waals surface area contributed by atoms with Crippen LogP contribution in [0.4, 0.5) is 5.69 Å². The molecule has 1 aliphatic rings. The Hall–Kier alpha value is -1.59.